The molecule has 0 spiro atoms. The fraction of sp³-hybridized carbons (Fsp3) is 0.258. The van der Waals surface area contributed by atoms with Crippen LogP contribution in [0.25, 0.3) is 16.6 Å². The highest BCUT2D eigenvalue weighted by molar-refractivity contribution is 7.93. The minimum Gasteiger partial charge on any atom is -0.433 e. The number of para-hydroxylation sites is 1. The van der Waals surface area contributed by atoms with Crippen molar-refractivity contribution in [3.05, 3.63) is 83.3 Å². The van der Waals surface area contributed by atoms with Gasteiger partial charge in [-0.1, -0.05) is 6.07 Å². The Morgan fingerprint density at radius 3 is 2.52 bits per heavy atom. The lowest BCUT2D eigenvalue weighted by Gasteiger charge is -2.30. The molecule has 2 fully saturated rings. The quantitative estimate of drug-likeness (QED) is 0.193. The first-order valence-electron chi connectivity index (χ1n) is 14.6. The number of ether oxygens (including phenoxy) is 2. The Balaban J connectivity index is 1.18. The van der Waals surface area contributed by atoms with Gasteiger partial charge in [0.15, 0.2) is 11.6 Å². The number of H-pyrrole nitrogens is 1. The van der Waals surface area contributed by atoms with Crippen molar-refractivity contribution < 1.29 is 31.5 Å². The molecule has 7 rings (SSSR count). The van der Waals surface area contributed by atoms with Gasteiger partial charge in [0.1, 0.15) is 5.82 Å². The number of ketones is 1. The number of nitrogens with two attached hydrogens (primary N) is 1. The van der Waals surface area contributed by atoms with Gasteiger partial charge in [-0.2, -0.15) is 5.10 Å². The molecule has 15 heteroatoms. The number of aromatic nitrogens is 4. The van der Waals surface area contributed by atoms with Crippen molar-refractivity contribution in [3.8, 4) is 17.3 Å². The van der Waals surface area contributed by atoms with Crippen LogP contribution in [0.1, 0.15) is 34.5 Å². The van der Waals surface area contributed by atoms with Gasteiger partial charge >= 0.3 is 0 Å². The second kappa shape index (κ2) is 11.4. The number of fused-ring (bicyclic) bond motifs is 1. The smallest absolute Gasteiger partial charge is 0.235 e. The number of nitrogens with one attached hydrogen (secondary N) is 2. The normalized spacial score (nSPS) is 15.3. The SMILES string of the molecule is Cc1cc(Oc2c(F)cccc2F)ncc1-n1ncc(C(=O)c2cc3cc(N4CCOCC4)c(NS(=O)(=O)C4CC4)cc3[nH]2)c1N. The van der Waals surface area contributed by atoms with E-state index < -0.39 is 38.4 Å². The van der Waals surface area contributed by atoms with Crippen LogP contribution in [0.2, 0.25) is 0 Å². The second-order valence-electron chi connectivity index (χ2n) is 11.2. The van der Waals surface area contributed by atoms with Crippen LogP contribution < -0.4 is 20.1 Å². The summed E-state index contributed by atoms with van der Waals surface area (Å²) in [5.41, 5.74) is 9.47. The zero-order valence-electron chi connectivity index (χ0n) is 24.6. The van der Waals surface area contributed by atoms with Crippen molar-refractivity contribution >= 4 is 43.9 Å². The van der Waals surface area contributed by atoms with E-state index in [1.54, 1.807) is 19.1 Å². The summed E-state index contributed by atoms with van der Waals surface area (Å²) in [6, 6.07) is 10.1. The number of anilines is 3. The third-order valence-electron chi connectivity index (χ3n) is 8.01. The standard InChI is InChI=1S/C31H29F2N7O5S/c1-17-11-28(45-30-21(32)3-2-4-22(30)33)35-16-27(17)40-31(34)20(15-36-40)29(41)25-12-18-13-26(39-7-9-44-10-8-39)24(14-23(18)37-25)38-46(42,43)19-5-6-19/h2-4,11-16,19,37-38H,5-10,34H2,1H3. The summed E-state index contributed by atoms with van der Waals surface area (Å²) in [5, 5.41) is 4.61. The van der Waals surface area contributed by atoms with Crippen molar-refractivity contribution in [3.63, 3.8) is 0 Å². The Kier molecular flexibility index (Phi) is 7.36. The molecule has 0 amide bonds. The van der Waals surface area contributed by atoms with Gasteiger partial charge in [0.2, 0.25) is 27.4 Å². The van der Waals surface area contributed by atoms with Crippen LogP contribution in [0.4, 0.5) is 26.0 Å². The van der Waals surface area contributed by atoms with Gasteiger partial charge in [0, 0.05) is 30.1 Å². The number of halogens is 2. The maximum Gasteiger partial charge on any atom is 0.235 e. The van der Waals surface area contributed by atoms with Crippen molar-refractivity contribution in [2.75, 3.05) is 41.7 Å². The molecule has 2 aliphatic rings. The molecule has 1 saturated carbocycles. The Bertz CT molecular complexity index is 2080. The van der Waals surface area contributed by atoms with Gasteiger partial charge in [0.05, 0.1) is 59.2 Å². The Morgan fingerprint density at radius 2 is 1.83 bits per heavy atom. The largest absolute Gasteiger partial charge is 0.433 e. The zero-order valence-corrected chi connectivity index (χ0v) is 25.4. The van der Waals surface area contributed by atoms with Crippen LogP contribution in [-0.4, -0.2) is 65.5 Å². The van der Waals surface area contributed by atoms with E-state index >= 15 is 0 Å². The summed E-state index contributed by atoms with van der Waals surface area (Å²) in [4.78, 5) is 23.0. The lowest BCUT2D eigenvalue weighted by Crippen LogP contribution is -2.36. The molecule has 0 radical (unpaired) electrons. The molecule has 1 aliphatic heterocycles. The van der Waals surface area contributed by atoms with Crippen LogP contribution in [-0.2, 0) is 14.8 Å². The number of aromatic amines is 1. The summed E-state index contributed by atoms with van der Waals surface area (Å²) in [5.74, 6) is -2.72. The van der Waals surface area contributed by atoms with E-state index in [0.717, 1.165) is 12.1 Å². The summed E-state index contributed by atoms with van der Waals surface area (Å²) in [7, 11) is -3.54. The molecule has 4 heterocycles. The molecule has 1 saturated heterocycles. The van der Waals surface area contributed by atoms with Crippen LogP contribution in [0.15, 0.2) is 54.9 Å². The summed E-state index contributed by atoms with van der Waals surface area (Å²) >= 11 is 0. The van der Waals surface area contributed by atoms with Crippen LogP contribution >= 0.6 is 0 Å². The van der Waals surface area contributed by atoms with E-state index in [0.29, 0.717) is 72.7 Å². The van der Waals surface area contributed by atoms with E-state index in [4.69, 9.17) is 15.2 Å². The molecule has 5 aromatic rings. The first-order valence-corrected chi connectivity index (χ1v) is 16.1. The van der Waals surface area contributed by atoms with Gasteiger partial charge < -0.3 is 25.1 Å². The number of carbonyl (C=O) groups excluding carboxylic acids is 1. The predicted octanol–water partition coefficient (Wildman–Crippen LogP) is 4.68. The van der Waals surface area contributed by atoms with Gasteiger partial charge in [-0.25, -0.2) is 26.9 Å². The maximum absolute atomic E-state index is 14.0. The number of morpholine rings is 1. The van der Waals surface area contributed by atoms with Crippen LogP contribution in [0, 0.1) is 18.6 Å². The van der Waals surface area contributed by atoms with Crippen LogP contribution in [0.3, 0.4) is 0 Å². The third-order valence-corrected chi connectivity index (χ3v) is 9.87. The number of hydrogen-bond donors (Lipinski definition) is 3. The lowest BCUT2D eigenvalue weighted by atomic mass is 10.1. The number of carbonyl (C=O) groups is 1. The Morgan fingerprint density at radius 1 is 1.09 bits per heavy atom. The van der Waals surface area contributed by atoms with E-state index in [1.807, 2.05) is 6.07 Å². The second-order valence-corrected chi connectivity index (χ2v) is 13.2. The molecule has 2 aromatic carbocycles. The number of aryl methyl sites for hydroxylation is 1. The number of nitrogens with zero attached hydrogens (tertiary/aromatic N) is 4. The molecule has 0 unspecified atom stereocenters. The van der Waals surface area contributed by atoms with Gasteiger partial charge in [-0.3, -0.25) is 9.52 Å². The molecule has 1 aliphatic carbocycles. The summed E-state index contributed by atoms with van der Waals surface area (Å²) in [6.07, 6.45) is 3.97. The highest BCUT2D eigenvalue weighted by atomic mass is 32.2. The molecule has 3 aromatic heterocycles. The molecule has 4 N–H and O–H groups in total. The molecule has 12 nitrogen and oxygen atoms in total. The van der Waals surface area contributed by atoms with E-state index in [-0.39, 0.29) is 23.0 Å². The van der Waals surface area contributed by atoms with Gasteiger partial charge in [-0.05, 0) is 55.7 Å². The summed E-state index contributed by atoms with van der Waals surface area (Å²) < 4.78 is 68.7. The number of benzene rings is 2. The zero-order chi connectivity index (χ0) is 32.2. The monoisotopic (exact) mass is 649 g/mol. The topological polar surface area (TPSA) is 157 Å². The van der Waals surface area contributed by atoms with E-state index in [9.17, 15) is 22.0 Å². The number of hydrogen-bond acceptors (Lipinski definition) is 9. The minimum absolute atomic E-state index is 0.0411. The average molecular weight is 650 g/mol. The number of pyridine rings is 1. The lowest BCUT2D eigenvalue weighted by molar-refractivity contribution is 0.103. The number of sulfonamides is 1. The van der Waals surface area contributed by atoms with Crippen molar-refractivity contribution in [2.45, 2.75) is 25.0 Å². The van der Waals surface area contributed by atoms with E-state index in [1.165, 1.54) is 29.2 Å². The average Bonchev–Trinajstić information content (AvgIpc) is 3.73. The van der Waals surface area contributed by atoms with Crippen LogP contribution in [0.5, 0.6) is 11.6 Å². The maximum atomic E-state index is 14.0. The highest BCUT2D eigenvalue weighted by Gasteiger charge is 2.36. The number of nitrogen functional groups attached to an aromatic ring is 1. The first kappa shape index (κ1) is 29.7. The van der Waals surface area contributed by atoms with Crippen molar-refractivity contribution in [2.24, 2.45) is 0 Å². The molecular weight excluding hydrogens is 620 g/mol. The molecular formula is C31H29F2N7O5S. The first-order chi connectivity index (χ1) is 22.1. The Hall–Kier alpha value is -5.02. The molecule has 46 heavy (non-hydrogen) atoms. The molecule has 238 valence electrons. The minimum atomic E-state index is -3.54. The molecule has 0 atom stereocenters. The predicted molar refractivity (Wildman–Crippen MR) is 167 cm³/mol. The van der Waals surface area contributed by atoms with Gasteiger partial charge in [-0.15, -0.1) is 0 Å². The highest BCUT2D eigenvalue weighted by Crippen LogP contribution is 2.37. The fourth-order valence-corrected chi connectivity index (χ4v) is 6.80. The van der Waals surface area contributed by atoms with Crippen molar-refractivity contribution in [1.82, 2.24) is 19.7 Å². The Labute approximate surface area is 262 Å². The summed E-state index contributed by atoms with van der Waals surface area (Å²) in [6.45, 7) is 3.93. The molecule has 0 bridgehead atoms. The third kappa shape index (κ3) is 5.51. The van der Waals surface area contributed by atoms with Crippen molar-refractivity contribution in [1.29, 1.82) is 0 Å². The van der Waals surface area contributed by atoms with E-state index in [2.05, 4.69) is 24.7 Å². The number of rotatable bonds is 9. The van der Waals surface area contributed by atoms with Gasteiger partial charge in [0.25, 0.3) is 0 Å². The fourth-order valence-electron chi connectivity index (χ4n) is 5.41.